The van der Waals surface area contributed by atoms with Gasteiger partial charge < -0.3 is 34.9 Å². The summed E-state index contributed by atoms with van der Waals surface area (Å²) in [4.78, 5) is 49.8. The molecule has 4 N–H and O–H groups in total. The fourth-order valence-corrected chi connectivity index (χ4v) is 7.99. The molecule has 6 aromatic rings. The molecule has 3 heterocycles. The van der Waals surface area contributed by atoms with Gasteiger partial charge in [0.2, 0.25) is 0 Å². The minimum absolute atomic E-state index is 0.0114. The number of aromatic carboxylic acids is 1. The van der Waals surface area contributed by atoms with Gasteiger partial charge in [-0.2, -0.15) is 0 Å². The van der Waals surface area contributed by atoms with Gasteiger partial charge in [0.25, 0.3) is 5.91 Å². The fourth-order valence-electron chi connectivity index (χ4n) is 7.25. The number of carbonyl (C=O) groups is 3. The number of nitrogens with one attached hydrogen (secondary N) is 3. The van der Waals surface area contributed by atoms with Crippen LogP contribution < -0.4 is 15.5 Å². The molecule has 0 spiro atoms. The predicted octanol–water partition coefficient (Wildman–Crippen LogP) is 10.7. The zero-order valence-corrected chi connectivity index (χ0v) is 34.0. The summed E-state index contributed by atoms with van der Waals surface area (Å²) in [5.74, 6) is -1.64. The van der Waals surface area contributed by atoms with E-state index in [2.05, 4.69) is 20.5 Å². The Bertz CT molecular complexity index is 2480. The van der Waals surface area contributed by atoms with E-state index in [-0.39, 0.29) is 23.3 Å². The molecule has 4 aromatic carbocycles. The number of halogens is 3. The number of amides is 2. The third kappa shape index (κ3) is 8.61. The molecule has 1 aliphatic rings. The lowest BCUT2D eigenvalue weighted by atomic mass is 9.99. The first kappa shape index (κ1) is 39.7. The zero-order chi connectivity index (χ0) is 40.6. The van der Waals surface area contributed by atoms with Crippen molar-refractivity contribution >= 4 is 75.1 Å². The molecule has 294 valence electrons. The quantitative estimate of drug-likeness (QED) is 0.114. The van der Waals surface area contributed by atoms with E-state index in [1.807, 2.05) is 74.7 Å². The molecule has 0 radical (unpaired) electrons. The molecule has 1 atom stereocenters. The molecule has 2 aromatic heterocycles. The van der Waals surface area contributed by atoms with Crippen LogP contribution in [0.5, 0.6) is 0 Å². The number of ether oxygens (including phenoxy) is 1. The predicted molar refractivity (Wildman–Crippen MR) is 226 cm³/mol. The lowest BCUT2D eigenvalue weighted by Crippen LogP contribution is -2.46. The minimum atomic E-state index is -1.13. The van der Waals surface area contributed by atoms with Crippen molar-refractivity contribution in [3.63, 3.8) is 0 Å². The van der Waals surface area contributed by atoms with Crippen molar-refractivity contribution in [3.05, 3.63) is 123 Å². The van der Waals surface area contributed by atoms with Crippen LogP contribution in [0, 0.1) is 0 Å². The zero-order valence-electron chi connectivity index (χ0n) is 31.7. The van der Waals surface area contributed by atoms with Crippen molar-refractivity contribution in [1.82, 2.24) is 19.9 Å². The van der Waals surface area contributed by atoms with Gasteiger partial charge in [-0.3, -0.25) is 4.79 Å². The second-order valence-corrected chi connectivity index (χ2v) is 16.3. The summed E-state index contributed by atoms with van der Waals surface area (Å²) >= 11 is 19.5. The van der Waals surface area contributed by atoms with E-state index in [4.69, 9.17) is 44.5 Å². The summed E-state index contributed by atoms with van der Waals surface area (Å²) in [5.41, 5.74) is 4.67. The minimum Gasteiger partial charge on any atom is -0.478 e. The Kier molecular flexibility index (Phi) is 11.3. The molecule has 57 heavy (non-hydrogen) atoms. The van der Waals surface area contributed by atoms with Crippen molar-refractivity contribution in [2.75, 3.05) is 23.3 Å². The lowest BCUT2D eigenvalue weighted by Gasteiger charge is -2.35. The van der Waals surface area contributed by atoms with Gasteiger partial charge in [0.1, 0.15) is 11.3 Å². The molecule has 0 saturated carbocycles. The molecule has 11 nitrogen and oxygen atoms in total. The Hall–Kier alpha value is -5.49. The van der Waals surface area contributed by atoms with E-state index in [0.717, 1.165) is 16.5 Å². The molecule has 0 unspecified atom stereocenters. The number of benzene rings is 4. The number of carboxylic acid groups (broad SMARTS) is 1. The number of carbonyl (C=O) groups excluding carboxylic acids is 2. The van der Waals surface area contributed by atoms with E-state index in [9.17, 15) is 19.5 Å². The number of nitrogens with zero attached hydrogens (tertiary/aromatic N) is 3. The number of piperidine rings is 1. The lowest BCUT2D eigenvalue weighted by molar-refractivity contribution is 0.0496. The topological polar surface area (TPSA) is 142 Å². The van der Waals surface area contributed by atoms with Crippen molar-refractivity contribution in [2.24, 2.45) is 0 Å². The summed E-state index contributed by atoms with van der Waals surface area (Å²) < 4.78 is 7.43. The van der Waals surface area contributed by atoms with E-state index < -0.39 is 23.6 Å². The molecule has 2 amide bonds. The number of hydrogen-bond donors (Lipinski definition) is 4. The average molecular weight is 828 g/mol. The molecule has 0 bridgehead atoms. The number of aromatic nitrogens is 3. The maximum Gasteiger partial charge on any atom is 0.407 e. The Balaban J connectivity index is 1.30. The van der Waals surface area contributed by atoms with Gasteiger partial charge in [-0.1, -0.05) is 77.3 Å². The summed E-state index contributed by atoms with van der Waals surface area (Å²) in [6, 6.07) is 24.6. The van der Waals surface area contributed by atoms with Gasteiger partial charge in [-0.15, -0.1) is 0 Å². The largest absolute Gasteiger partial charge is 0.478 e. The van der Waals surface area contributed by atoms with E-state index in [1.165, 1.54) is 12.1 Å². The van der Waals surface area contributed by atoms with Crippen LogP contribution in [0.1, 0.15) is 73.0 Å². The average Bonchev–Trinajstić information content (AvgIpc) is 3.76. The first-order valence-corrected chi connectivity index (χ1v) is 19.6. The molecule has 14 heteroatoms. The summed E-state index contributed by atoms with van der Waals surface area (Å²) in [7, 11) is 0. The highest BCUT2D eigenvalue weighted by atomic mass is 35.5. The number of aromatic amines is 1. The number of anilines is 2. The van der Waals surface area contributed by atoms with Crippen molar-refractivity contribution in [2.45, 2.75) is 58.2 Å². The van der Waals surface area contributed by atoms with Crippen LogP contribution in [-0.4, -0.2) is 62.3 Å². The molecule has 1 aliphatic heterocycles. The molecule has 7 rings (SSSR count). The number of carboxylic acids is 1. The summed E-state index contributed by atoms with van der Waals surface area (Å²) in [6.45, 7) is 8.51. The van der Waals surface area contributed by atoms with Crippen molar-refractivity contribution < 1.29 is 24.2 Å². The van der Waals surface area contributed by atoms with Crippen LogP contribution >= 0.6 is 34.8 Å². The number of alkyl carbamates (subject to hydrolysis) is 1. The van der Waals surface area contributed by atoms with Crippen LogP contribution in [0.15, 0.2) is 91.3 Å². The fraction of sp³-hybridized carbons (Fsp3) is 0.256. The number of imidazole rings is 1. The highest BCUT2D eigenvalue weighted by Gasteiger charge is 2.30. The number of fused-ring (bicyclic) bond motifs is 1. The van der Waals surface area contributed by atoms with Gasteiger partial charge in [0.15, 0.2) is 0 Å². The summed E-state index contributed by atoms with van der Waals surface area (Å²) in [6.07, 6.45) is 2.49. The van der Waals surface area contributed by atoms with Crippen molar-refractivity contribution in [1.29, 1.82) is 0 Å². The smallest absolute Gasteiger partial charge is 0.407 e. The van der Waals surface area contributed by atoms with E-state index >= 15 is 0 Å². The van der Waals surface area contributed by atoms with Gasteiger partial charge in [0.05, 0.1) is 40.7 Å². The van der Waals surface area contributed by atoms with Gasteiger partial charge >= 0.3 is 12.1 Å². The standard InChI is InChI=1S/C43H41Cl3N6O5/c1-24(30-13-11-27(44)21-32(30)46)52-23-47-37(25-8-6-5-7-9-25)39(52)36-31-14-12-28(45)22-33(31)49-38(36)40(53)50-34-20-26(41(54)55)10-15-35(34)51-18-16-29(17-19-51)48-42(56)57-43(2,3)4/h5-15,20-24,29,49H,16-19H2,1-4H3,(H,48,56)(H,50,53)(H,54,55)/t24-/m0/s1. The molecule has 1 fully saturated rings. The highest BCUT2D eigenvalue weighted by Crippen LogP contribution is 2.43. The normalized spacial score (nSPS) is 14.1. The highest BCUT2D eigenvalue weighted by molar-refractivity contribution is 6.35. The van der Waals surface area contributed by atoms with Crippen LogP contribution in [0.4, 0.5) is 16.2 Å². The third-order valence-corrected chi connectivity index (χ3v) is 10.7. The second-order valence-electron chi connectivity index (χ2n) is 15.0. The Labute approximate surface area is 344 Å². The maximum absolute atomic E-state index is 14.8. The first-order valence-electron chi connectivity index (χ1n) is 18.5. The van der Waals surface area contributed by atoms with E-state index in [0.29, 0.717) is 74.8 Å². The Morgan fingerprint density at radius 1 is 0.930 bits per heavy atom. The third-order valence-electron chi connectivity index (χ3n) is 9.94. The molecule has 1 saturated heterocycles. The van der Waals surface area contributed by atoms with Gasteiger partial charge in [-0.25, -0.2) is 14.6 Å². The van der Waals surface area contributed by atoms with Crippen LogP contribution in [-0.2, 0) is 4.74 Å². The van der Waals surface area contributed by atoms with Gasteiger partial charge in [0, 0.05) is 56.2 Å². The Morgan fingerprint density at radius 2 is 1.63 bits per heavy atom. The van der Waals surface area contributed by atoms with Crippen LogP contribution in [0.3, 0.4) is 0 Å². The van der Waals surface area contributed by atoms with Crippen LogP contribution in [0.25, 0.3) is 33.4 Å². The SMILES string of the molecule is C[C@@H](c1ccc(Cl)cc1Cl)n1cnc(-c2ccccc2)c1-c1c(C(=O)Nc2cc(C(=O)O)ccc2N2CCC(NC(=O)OC(C)(C)C)CC2)[nH]c2cc(Cl)ccc12. The van der Waals surface area contributed by atoms with E-state index in [1.54, 1.807) is 36.7 Å². The summed E-state index contributed by atoms with van der Waals surface area (Å²) in [5, 5.41) is 18.2. The van der Waals surface area contributed by atoms with Gasteiger partial charge in [-0.05, 0) is 88.6 Å². The van der Waals surface area contributed by atoms with Crippen molar-refractivity contribution in [3.8, 4) is 22.5 Å². The monoisotopic (exact) mass is 826 g/mol. The molecule has 0 aliphatic carbocycles. The first-order chi connectivity index (χ1) is 27.2. The van der Waals surface area contributed by atoms with Crippen LogP contribution in [0.2, 0.25) is 15.1 Å². The number of rotatable bonds is 9. The maximum atomic E-state index is 14.8. The second kappa shape index (κ2) is 16.2. The number of H-pyrrole nitrogens is 1. The number of hydrogen-bond acceptors (Lipinski definition) is 6. The molecular weight excluding hydrogens is 787 g/mol. The molecular formula is C43H41Cl3N6O5. The Morgan fingerprint density at radius 3 is 2.32 bits per heavy atom.